The summed E-state index contributed by atoms with van der Waals surface area (Å²) < 4.78 is 8.93. The van der Waals surface area contributed by atoms with Crippen LogP contribution < -0.4 is 0 Å². The summed E-state index contributed by atoms with van der Waals surface area (Å²) in [5, 5.41) is 0. The van der Waals surface area contributed by atoms with Gasteiger partial charge in [0, 0.05) is 0 Å². The molecule has 0 radical (unpaired) electrons. The molecule has 2 rings (SSSR count). The Morgan fingerprint density at radius 2 is 2.17 bits per heavy atom. The van der Waals surface area contributed by atoms with Crippen molar-refractivity contribution >= 4 is 24.4 Å². The summed E-state index contributed by atoms with van der Waals surface area (Å²) in [6, 6.07) is 0. The summed E-state index contributed by atoms with van der Waals surface area (Å²) in [6.07, 6.45) is 1.31. The predicted molar refractivity (Wildman–Crippen MR) is 56.8 cm³/mol. The number of rotatable bonds is 2. The predicted octanol–water partition coefficient (Wildman–Crippen LogP) is 0.582. The molecule has 1 aliphatic carbocycles. The molecule has 98 valence electrons. The number of carbonyl (C=O) groups is 4. The van der Waals surface area contributed by atoms with Crippen LogP contribution in [0.15, 0.2) is 0 Å². The van der Waals surface area contributed by atoms with Crippen LogP contribution in [0.2, 0.25) is 0 Å². The van der Waals surface area contributed by atoms with Crippen LogP contribution in [-0.4, -0.2) is 24.4 Å². The van der Waals surface area contributed by atoms with Crippen molar-refractivity contribution in [3.05, 3.63) is 0 Å². The zero-order valence-corrected chi connectivity index (χ0v) is 10.0. The minimum absolute atomic E-state index is 0.0149. The van der Waals surface area contributed by atoms with Crippen LogP contribution in [0.3, 0.4) is 0 Å². The Morgan fingerprint density at radius 3 is 2.72 bits per heavy atom. The molecule has 0 amide bonds. The molecule has 3 unspecified atom stereocenters. The summed E-state index contributed by atoms with van der Waals surface area (Å²) in [7, 11) is 0. The zero-order valence-electron chi connectivity index (χ0n) is 10.0. The maximum Gasteiger partial charge on any atom is 0.320 e. The quantitative estimate of drug-likeness (QED) is 0.407. The van der Waals surface area contributed by atoms with E-state index >= 15 is 0 Å². The molecular weight excluding hydrogens is 240 g/mol. The van der Waals surface area contributed by atoms with Crippen molar-refractivity contribution in [2.45, 2.75) is 32.6 Å². The van der Waals surface area contributed by atoms with Gasteiger partial charge >= 0.3 is 24.4 Å². The number of ether oxygens (including phenoxy) is 2. The second kappa shape index (κ2) is 4.51. The van der Waals surface area contributed by atoms with Gasteiger partial charge in [-0.05, 0) is 25.2 Å². The van der Waals surface area contributed by atoms with Crippen LogP contribution in [0, 0.1) is 17.3 Å². The average molecular weight is 254 g/mol. The molecule has 6 nitrogen and oxygen atoms in total. The lowest BCUT2D eigenvalue weighted by atomic mass is 9.65. The van der Waals surface area contributed by atoms with Crippen LogP contribution in [0.25, 0.3) is 0 Å². The molecule has 18 heavy (non-hydrogen) atoms. The van der Waals surface area contributed by atoms with Crippen molar-refractivity contribution in [2.75, 3.05) is 0 Å². The molecule has 0 aromatic carbocycles. The first-order valence-electron chi connectivity index (χ1n) is 5.86. The highest BCUT2D eigenvalue weighted by Gasteiger charge is 2.54. The lowest BCUT2D eigenvalue weighted by Gasteiger charge is -2.36. The van der Waals surface area contributed by atoms with Crippen molar-refractivity contribution in [3.8, 4) is 0 Å². The van der Waals surface area contributed by atoms with Gasteiger partial charge in [0.25, 0.3) is 0 Å². The zero-order chi connectivity index (χ0) is 13.3. The van der Waals surface area contributed by atoms with E-state index in [9.17, 15) is 19.2 Å². The van der Waals surface area contributed by atoms with E-state index in [0.717, 1.165) is 0 Å². The minimum atomic E-state index is -0.901. The molecule has 0 aromatic rings. The molecule has 0 bridgehead atoms. The largest absolute Gasteiger partial charge is 0.395 e. The summed E-state index contributed by atoms with van der Waals surface area (Å²) in [5.74, 6) is -2.17. The third-order valence-corrected chi connectivity index (χ3v) is 3.68. The highest BCUT2D eigenvalue weighted by Crippen LogP contribution is 2.48. The number of hydrogen-bond donors (Lipinski definition) is 0. The van der Waals surface area contributed by atoms with Crippen LogP contribution in [0.4, 0.5) is 0 Å². The monoisotopic (exact) mass is 254 g/mol. The van der Waals surface area contributed by atoms with Crippen molar-refractivity contribution in [2.24, 2.45) is 17.3 Å². The lowest BCUT2D eigenvalue weighted by molar-refractivity contribution is -0.160. The maximum absolute atomic E-state index is 11.8. The van der Waals surface area contributed by atoms with Gasteiger partial charge in [-0.1, -0.05) is 6.92 Å². The number of esters is 3. The highest BCUT2D eigenvalue weighted by molar-refractivity contribution is 5.98. The molecule has 1 aliphatic heterocycles. The van der Waals surface area contributed by atoms with Crippen molar-refractivity contribution in [1.29, 1.82) is 0 Å². The van der Waals surface area contributed by atoms with Gasteiger partial charge in [0.1, 0.15) is 0 Å². The Hall–Kier alpha value is -1.72. The van der Waals surface area contributed by atoms with E-state index in [1.165, 1.54) is 0 Å². The van der Waals surface area contributed by atoms with Gasteiger partial charge in [-0.2, -0.15) is 0 Å². The highest BCUT2D eigenvalue weighted by atomic mass is 16.6. The van der Waals surface area contributed by atoms with E-state index in [2.05, 4.69) is 9.47 Å². The van der Waals surface area contributed by atoms with Gasteiger partial charge in [0.2, 0.25) is 0 Å². The second-order valence-corrected chi connectivity index (χ2v) is 5.20. The summed E-state index contributed by atoms with van der Waals surface area (Å²) in [6.45, 7) is 1.99. The van der Waals surface area contributed by atoms with Gasteiger partial charge < -0.3 is 9.47 Å². The van der Waals surface area contributed by atoms with Crippen molar-refractivity contribution < 1.29 is 28.7 Å². The maximum atomic E-state index is 11.8. The van der Waals surface area contributed by atoms with Crippen molar-refractivity contribution in [3.63, 3.8) is 0 Å². The van der Waals surface area contributed by atoms with Crippen LogP contribution in [0.5, 0.6) is 0 Å². The topological polar surface area (TPSA) is 86.7 Å². The van der Waals surface area contributed by atoms with E-state index in [4.69, 9.17) is 0 Å². The fourth-order valence-electron chi connectivity index (χ4n) is 3.10. The number of hydrogen-bond acceptors (Lipinski definition) is 6. The first-order valence-corrected chi connectivity index (χ1v) is 5.86. The van der Waals surface area contributed by atoms with Gasteiger partial charge in [-0.15, -0.1) is 0 Å². The molecule has 2 fully saturated rings. The fraction of sp³-hybridized carbons (Fsp3) is 0.667. The molecule has 1 spiro atoms. The van der Waals surface area contributed by atoms with Gasteiger partial charge in [0.05, 0.1) is 17.8 Å². The Balaban J connectivity index is 2.18. The Kier molecular flexibility index (Phi) is 3.19. The first kappa shape index (κ1) is 12.7. The fourth-order valence-corrected chi connectivity index (χ4v) is 3.10. The Labute approximate surface area is 104 Å². The summed E-state index contributed by atoms with van der Waals surface area (Å²) in [5.41, 5.74) is -0.901. The third-order valence-electron chi connectivity index (χ3n) is 3.68. The molecule has 1 saturated carbocycles. The smallest absolute Gasteiger partial charge is 0.320 e. The first-order chi connectivity index (χ1) is 8.47. The Bertz CT molecular complexity index is 415. The minimum Gasteiger partial charge on any atom is -0.395 e. The van der Waals surface area contributed by atoms with Gasteiger partial charge in [0.15, 0.2) is 0 Å². The van der Waals surface area contributed by atoms with E-state index in [0.29, 0.717) is 12.8 Å². The summed E-state index contributed by atoms with van der Waals surface area (Å²) >= 11 is 0. The van der Waals surface area contributed by atoms with E-state index in [1.54, 1.807) is 0 Å². The van der Waals surface area contributed by atoms with Gasteiger partial charge in [-0.3, -0.25) is 19.2 Å². The molecule has 0 N–H and O–H groups in total. The Morgan fingerprint density at radius 1 is 1.44 bits per heavy atom. The van der Waals surface area contributed by atoms with E-state index in [1.807, 2.05) is 6.92 Å². The van der Waals surface area contributed by atoms with Crippen molar-refractivity contribution in [1.82, 2.24) is 0 Å². The van der Waals surface area contributed by atoms with Gasteiger partial charge in [-0.25, -0.2) is 0 Å². The van der Waals surface area contributed by atoms with E-state index in [-0.39, 0.29) is 25.2 Å². The third kappa shape index (κ3) is 2.14. The van der Waals surface area contributed by atoms with Crippen LogP contribution >= 0.6 is 0 Å². The molecule has 2 aliphatic rings. The molecule has 1 saturated heterocycles. The summed E-state index contributed by atoms with van der Waals surface area (Å²) in [4.78, 5) is 44.8. The SMILES string of the molecule is CC1CC(C(=O)OC=O)CC2(CC(=O)OC2=O)C1. The second-order valence-electron chi connectivity index (χ2n) is 5.20. The molecule has 1 heterocycles. The number of carbonyl (C=O) groups excluding carboxylic acids is 4. The molecular formula is C12H14O6. The molecule has 6 heteroatoms. The lowest BCUT2D eigenvalue weighted by Crippen LogP contribution is -2.39. The average Bonchev–Trinajstić information content (AvgIpc) is 2.52. The number of cyclic esters (lactones) is 2. The molecule has 0 aromatic heterocycles. The van der Waals surface area contributed by atoms with Crippen LogP contribution in [0.1, 0.15) is 32.6 Å². The normalized spacial score (nSPS) is 35.4. The van der Waals surface area contributed by atoms with Crippen LogP contribution in [-0.2, 0) is 28.7 Å². The standard InChI is InChI=1S/C12H14O6/c1-7-2-8(10(15)17-6-13)4-12(3-7)5-9(14)18-11(12)16/h6-8H,2-5H2,1H3. The van der Waals surface area contributed by atoms with E-state index < -0.39 is 29.2 Å². The molecule has 3 atom stereocenters.